The molecule has 4 heteroatoms. The van der Waals surface area contributed by atoms with Crippen molar-refractivity contribution in [3.05, 3.63) is 28.2 Å². The second kappa shape index (κ2) is 6.40. The molecule has 0 aromatic heterocycles. The number of nitriles is 1. The number of hydrogen-bond acceptors (Lipinski definition) is 3. The first kappa shape index (κ1) is 14.4. The molecule has 0 spiro atoms. The molecule has 1 aromatic rings. The van der Waals surface area contributed by atoms with Crippen molar-refractivity contribution in [1.29, 1.82) is 5.26 Å². The average molecular weight is 322 g/mol. The van der Waals surface area contributed by atoms with Gasteiger partial charge in [-0.1, -0.05) is 15.9 Å². The summed E-state index contributed by atoms with van der Waals surface area (Å²) in [7, 11) is 1.98. The van der Waals surface area contributed by atoms with Gasteiger partial charge in [0.2, 0.25) is 0 Å². The van der Waals surface area contributed by atoms with Gasteiger partial charge in [-0.05, 0) is 50.6 Å². The highest BCUT2D eigenvalue weighted by Gasteiger charge is 2.30. The van der Waals surface area contributed by atoms with Crippen LogP contribution in [0, 0.1) is 11.3 Å². The molecule has 0 heterocycles. The predicted molar refractivity (Wildman–Crippen MR) is 82.2 cm³/mol. The first-order valence-corrected chi connectivity index (χ1v) is 7.57. The monoisotopic (exact) mass is 321 g/mol. The summed E-state index contributed by atoms with van der Waals surface area (Å²) < 4.78 is 1.10. The van der Waals surface area contributed by atoms with Crippen LogP contribution < -0.4 is 10.2 Å². The summed E-state index contributed by atoms with van der Waals surface area (Å²) in [4.78, 5) is 2.40. The Morgan fingerprint density at radius 2 is 2.26 bits per heavy atom. The molecule has 1 unspecified atom stereocenters. The molecule has 0 aliphatic heterocycles. The van der Waals surface area contributed by atoms with Gasteiger partial charge in [0.05, 0.1) is 12.5 Å². The molecule has 1 aliphatic rings. The summed E-state index contributed by atoms with van der Waals surface area (Å²) in [5.41, 5.74) is 2.56. The Labute approximate surface area is 123 Å². The van der Waals surface area contributed by atoms with E-state index in [9.17, 15) is 0 Å². The maximum atomic E-state index is 8.84. The molecule has 0 amide bonds. The van der Waals surface area contributed by atoms with Crippen LogP contribution in [0.15, 0.2) is 22.7 Å². The Kier molecular flexibility index (Phi) is 4.84. The lowest BCUT2D eigenvalue weighted by Gasteiger charge is -2.28. The fraction of sp³-hybridized carbons (Fsp3) is 0.533. The van der Waals surface area contributed by atoms with Gasteiger partial charge < -0.3 is 10.2 Å². The summed E-state index contributed by atoms with van der Waals surface area (Å²) in [6, 6.07) is 9.62. The van der Waals surface area contributed by atoms with E-state index < -0.39 is 0 Å². The molecular weight excluding hydrogens is 302 g/mol. The van der Waals surface area contributed by atoms with Crippen LogP contribution in [0.25, 0.3) is 0 Å². The van der Waals surface area contributed by atoms with Crippen LogP contribution in [-0.2, 0) is 0 Å². The molecule has 0 bridgehead atoms. The Balaban J connectivity index is 2.32. The van der Waals surface area contributed by atoms with E-state index in [-0.39, 0.29) is 0 Å². The molecular formula is C15H20BrN3. The van der Waals surface area contributed by atoms with Crippen molar-refractivity contribution in [3.63, 3.8) is 0 Å². The minimum absolute atomic E-state index is 0.302. The van der Waals surface area contributed by atoms with E-state index in [4.69, 9.17) is 5.26 Å². The van der Waals surface area contributed by atoms with Crippen molar-refractivity contribution in [2.45, 2.75) is 38.3 Å². The number of nitrogens with one attached hydrogen (secondary N) is 1. The molecule has 1 saturated carbocycles. The van der Waals surface area contributed by atoms with Crippen LogP contribution in [0.5, 0.6) is 0 Å². The fourth-order valence-corrected chi connectivity index (χ4v) is 2.72. The Morgan fingerprint density at radius 1 is 1.53 bits per heavy atom. The van der Waals surface area contributed by atoms with Gasteiger partial charge in [-0.2, -0.15) is 5.26 Å². The van der Waals surface area contributed by atoms with Gasteiger partial charge in [0, 0.05) is 28.8 Å². The highest BCUT2D eigenvalue weighted by atomic mass is 79.9. The first-order chi connectivity index (χ1) is 9.17. The van der Waals surface area contributed by atoms with Gasteiger partial charge >= 0.3 is 0 Å². The Morgan fingerprint density at radius 3 is 2.84 bits per heavy atom. The van der Waals surface area contributed by atoms with Gasteiger partial charge in [-0.25, -0.2) is 0 Å². The van der Waals surface area contributed by atoms with Crippen LogP contribution in [0.4, 0.5) is 5.69 Å². The van der Waals surface area contributed by atoms with Crippen LogP contribution in [0.3, 0.4) is 0 Å². The molecule has 1 aliphatic carbocycles. The molecule has 102 valence electrons. The lowest BCUT2D eigenvalue weighted by Crippen LogP contribution is -2.29. The second-order valence-corrected chi connectivity index (χ2v) is 5.96. The number of hydrogen-bond donors (Lipinski definition) is 1. The largest absolute Gasteiger partial charge is 0.367 e. The lowest BCUT2D eigenvalue weighted by atomic mass is 10.0. The van der Waals surface area contributed by atoms with Crippen molar-refractivity contribution >= 4 is 21.6 Å². The molecule has 19 heavy (non-hydrogen) atoms. The topological polar surface area (TPSA) is 39.1 Å². The van der Waals surface area contributed by atoms with Gasteiger partial charge in [0.1, 0.15) is 0 Å². The molecule has 1 fully saturated rings. The summed E-state index contributed by atoms with van der Waals surface area (Å²) in [6.07, 6.45) is 3.07. The SMILES string of the molecule is CNC(C)c1cc(Br)ccc1N(CCC#N)C1CC1. The highest BCUT2D eigenvalue weighted by Crippen LogP contribution is 2.36. The predicted octanol–water partition coefficient (Wildman–Crippen LogP) is 3.61. The first-order valence-electron chi connectivity index (χ1n) is 6.77. The van der Waals surface area contributed by atoms with E-state index in [0.29, 0.717) is 18.5 Å². The summed E-state index contributed by atoms with van der Waals surface area (Å²) in [6.45, 7) is 2.99. The maximum absolute atomic E-state index is 8.84. The van der Waals surface area contributed by atoms with Crippen molar-refractivity contribution in [2.75, 3.05) is 18.5 Å². The second-order valence-electron chi connectivity index (χ2n) is 5.05. The number of benzene rings is 1. The fourth-order valence-electron chi connectivity index (χ4n) is 2.35. The Bertz CT molecular complexity index is 477. The van der Waals surface area contributed by atoms with E-state index in [1.807, 2.05) is 7.05 Å². The van der Waals surface area contributed by atoms with Gasteiger partial charge in [0.25, 0.3) is 0 Å². The minimum atomic E-state index is 0.302. The normalized spacial score (nSPS) is 15.9. The van der Waals surface area contributed by atoms with Crippen LogP contribution in [0.2, 0.25) is 0 Å². The third-order valence-corrected chi connectivity index (χ3v) is 4.14. The zero-order valence-electron chi connectivity index (χ0n) is 11.5. The zero-order valence-corrected chi connectivity index (χ0v) is 13.1. The minimum Gasteiger partial charge on any atom is -0.367 e. The molecule has 2 rings (SSSR count). The number of rotatable bonds is 6. The van der Waals surface area contributed by atoms with Crippen LogP contribution in [-0.4, -0.2) is 19.6 Å². The standard InChI is InChI=1S/C15H20BrN3/c1-11(18-2)14-10-12(16)4-7-15(14)19(9-3-8-17)13-5-6-13/h4,7,10-11,13,18H,3,5-6,9H2,1-2H3. The van der Waals surface area contributed by atoms with E-state index in [1.165, 1.54) is 24.1 Å². The summed E-state index contributed by atoms with van der Waals surface area (Å²) >= 11 is 3.55. The van der Waals surface area contributed by atoms with Crippen molar-refractivity contribution < 1.29 is 0 Å². The third kappa shape index (κ3) is 3.49. The quantitative estimate of drug-likeness (QED) is 0.869. The number of anilines is 1. The number of nitrogens with zero attached hydrogens (tertiary/aromatic N) is 2. The van der Waals surface area contributed by atoms with Crippen LogP contribution >= 0.6 is 15.9 Å². The van der Waals surface area contributed by atoms with Crippen LogP contribution in [0.1, 0.15) is 37.8 Å². The zero-order chi connectivity index (χ0) is 13.8. The summed E-state index contributed by atoms with van der Waals surface area (Å²) in [5.74, 6) is 0. The smallest absolute Gasteiger partial charge is 0.0640 e. The van der Waals surface area contributed by atoms with E-state index in [2.05, 4.69) is 57.3 Å². The molecule has 0 saturated heterocycles. The number of halogens is 1. The van der Waals surface area contributed by atoms with Gasteiger partial charge in [-0.15, -0.1) is 0 Å². The van der Waals surface area contributed by atoms with Crippen molar-refractivity contribution in [1.82, 2.24) is 5.32 Å². The van der Waals surface area contributed by atoms with E-state index in [1.54, 1.807) is 0 Å². The average Bonchev–Trinajstić information content (AvgIpc) is 3.24. The van der Waals surface area contributed by atoms with Crippen molar-refractivity contribution in [3.8, 4) is 6.07 Å². The maximum Gasteiger partial charge on any atom is 0.0640 e. The molecule has 1 aromatic carbocycles. The molecule has 1 atom stereocenters. The summed E-state index contributed by atoms with van der Waals surface area (Å²) in [5, 5.41) is 12.1. The lowest BCUT2D eigenvalue weighted by molar-refractivity contribution is 0.645. The Hall–Kier alpha value is -1.05. The molecule has 3 nitrogen and oxygen atoms in total. The van der Waals surface area contributed by atoms with Crippen molar-refractivity contribution in [2.24, 2.45) is 0 Å². The highest BCUT2D eigenvalue weighted by molar-refractivity contribution is 9.10. The van der Waals surface area contributed by atoms with Gasteiger partial charge in [-0.3, -0.25) is 0 Å². The van der Waals surface area contributed by atoms with Gasteiger partial charge in [0.15, 0.2) is 0 Å². The third-order valence-electron chi connectivity index (χ3n) is 3.65. The molecule has 1 N–H and O–H groups in total. The van der Waals surface area contributed by atoms with E-state index >= 15 is 0 Å². The molecule has 0 radical (unpaired) electrons. The van der Waals surface area contributed by atoms with E-state index in [0.717, 1.165) is 11.0 Å².